The third-order valence-corrected chi connectivity index (χ3v) is 3.24. The summed E-state index contributed by atoms with van der Waals surface area (Å²) in [4.78, 5) is 3.92. The first-order chi connectivity index (χ1) is 5.97. The molecule has 4 nitrogen and oxygen atoms in total. The summed E-state index contributed by atoms with van der Waals surface area (Å²) < 4.78 is 22.1. The first-order valence-electron chi connectivity index (χ1n) is 3.50. The van der Waals surface area contributed by atoms with Gasteiger partial charge in [-0.3, -0.25) is 0 Å². The highest BCUT2D eigenvalue weighted by Crippen LogP contribution is 2.21. The van der Waals surface area contributed by atoms with Gasteiger partial charge in [0.2, 0.25) is 0 Å². The molecule has 0 aliphatic rings. The normalized spacial score (nSPS) is 11.5. The number of sulfone groups is 1. The fourth-order valence-electron chi connectivity index (χ4n) is 0.680. The van der Waals surface area contributed by atoms with Gasteiger partial charge in [-0.1, -0.05) is 22.9 Å². The Kier molecular flexibility index (Phi) is 3.52. The molecule has 0 atom stereocenters. The molecule has 1 aromatic rings. The molecular weight excluding hydrogens is 232 g/mol. The van der Waals surface area contributed by atoms with E-state index in [-0.39, 0.29) is 5.75 Å². The van der Waals surface area contributed by atoms with Gasteiger partial charge in [0.1, 0.15) is 14.2 Å². The fourth-order valence-corrected chi connectivity index (χ4v) is 1.99. The van der Waals surface area contributed by atoms with Gasteiger partial charge in [-0.15, -0.1) is 0 Å². The Hall–Kier alpha value is -0.330. The van der Waals surface area contributed by atoms with Crippen LogP contribution in [0.1, 0.15) is 0 Å². The molecule has 1 aromatic heterocycles. The van der Waals surface area contributed by atoms with Gasteiger partial charge in [-0.25, -0.2) is 13.4 Å². The standard InChI is InChI=1S/C6H9ClN2O2S2/c1-13(10,11)3-2-8-6-9-4-5(7)12-6/h4H,2-3H2,1H3,(H,8,9). The highest BCUT2D eigenvalue weighted by molar-refractivity contribution is 7.90. The van der Waals surface area contributed by atoms with Crippen LogP contribution < -0.4 is 5.32 Å². The van der Waals surface area contributed by atoms with Crippen LogP contribution >= 0.6 is 22.9 Å². The minimum Gasteiger partial charge on any atom is -0.360 e. The molecule has 13 heavy (non-hydrogen) atoms. The number of hydrogen-bond donors (Lipinski definition) is 1. The number of nitrogens with zero attached hydrogens (tertiary/aromatic N) is 1. The second kappa shape index (κ2) is 4.26. The van der Waals surface area contributed by atoms with Gasteiger partial charge in [0.15, 0.2) is 5.13 Å². The van der Waals surface area contributed by atoms with Crippen molar-refractivity contribution in [3.05, 3.63) is 10.5 Å². The van der Waals surface area contributed by atoms with Gasteiger partial charge >= 0.3 is 0 Å². The summed E-state index contributed by atoms with van der Waals surface area (Å²) in [5.74, 6) is 0.101. The van der Waals surface area contributed by atoms with E-state index in [9.17, 15) is 8.42 Å². The lowest BCUT2D eigenvalue weighted by Crippen LogP contribution is -2.13. The number of anilines is 1. The van der Waals surface area contributed by atoms with Gasteiger partial charge in [-0.2, -0.15) is 0 Å². The van der Waals surface area contributed by atoms with Crippen LogP contribution in [-0.2, 0) is 9.84 Å². The lowest BCUT2D eigenvalue weighted by Gasteiger charge is -1.99. The van der Waals surface area contributed by atoms with Crippen molar-refractivity contribution < 1.29 is 8.42 Å². The molecule has 1 N–H and O–H groups in total. The molecule has 0 aliphatic carbocycles. The second-order valence-electron chi connectivity index (χ2n) is 2.53. The monoisotopic (exact) mass is 240 g/mol. The molecule has 0 fully saturated rings. The molecule has 7 heteroatoms. The van der Waals surface area contributed by atoms with Crippen LogP contribution in [0.5, 0.6) is 0 Å². The fraction of sp³-hybridized carbons (Fsp3) is 0.500. The van der Waals surface area contributed by atoms with Gasteiger partial charge in [0, 0.05) is 12.8 Å². The minimum atomic E-state index is -2.91. The molecule has 0 radical (unpaired) electrons. The van der Waals surface area contributed by atoms with Crippen LogP contribution in [0.2, 0.25) is 4.34 Å². The quantitative estimate of drug-likeness (QED) is 0.861. The zero-order valence-corrected chi connectivity index (χ0v) is 9.34. The summed E-state index contributed by atoms with van der Waals surface area (Å²) in [5, 5.41) is 3.51. The van der Waals surface area contributed by atoms with E-state index in [4.69, 9.17) is 11.6 Å². The first kappa shape index (κ1) is 10.7. The minimum absolute atomic E-state index is 0.101. The maximum atomic E-state index is 10.7. The zero-order chi connectivity index (χ0) is 9.90. The Morgan fingerprint density at radius 2 is 2.38 bits per heavy atom. The first-order valence-corrected chi connectivity index (χ1v) is 6.76. The van der Waals surface area contributed by atoms with Gasteiger partial charge < -0.3 is 5.32 Å². The van der Waals surface area contributed by atoms with Crippen molar-refractivity contribution in [1.82, 2.24) is 4.98 Å². The Morgan fingerprint density at radius 1 is 1.69 bits per heavy atom. The molecule has 0 aliphatic heterocycles. The summed E-state index contributed by atoms with van der Waals surface area (Å²) in [6.45, 7) is 0.364. The van der Waals surface area contributed by atoms with E-state index < -0.39 is 9.84 Å². The molecule has 1 heterocycles. The Bertz CT molecular complexity index is 374. The van der Waals surface area contributed by atoms with E-state index in [0.717, 1.165) is 0 Å². The zero-order valence-electron chi connectivity index (χ0n) is 6.95. The molecule has 1 rings (SSSR count). The van der Waals surface area contributed by atoms with Crippen LogP contribution in [0.3, 0.4) is 0 Å². The van der Waals surface area contributed by atoms with E-state index in [1.807, 2.05) is 0 Å². The predicted molar refractivity (Wildman–Crippen MR) is 55.3 cm³/mol. The number of halogens is 1. The number of nitrogens with one attached hydrogen (secondary N) is 1. The maximum absolute atomic E-state index is 10.7. The van der Waals surface area contributed by atoms with Crippen molar-refractivity contribution in [1.29, 1.82) is 0 Å². The Morgan fingerprint density at radius 3 is 2.85 bits per heavy atom. The van der Waals surface area contributed by atoms with Crippen LogP contribution in [0.25, 0.3) is 0 Å². The number of rotatable bonds is 4. The highest BCUT2D eigenvalue weighted by atomic mass is 35.5. The third kappa shape index (κ3) is 4.44. The average Bonchev–Trinajstić information content (AvgIpc) is 2.33. The summed E-state index contributed by atoms with van der Waals surface area (Å²) in [7, 11) is -2.91. The van der Waals surface area contributed by atoms with E-state index in [2.05, 4.69) is 10.3 Å². The molecule has 0 aromatic carbocycles. The largest absolute Gasteiger partial charge is 0.360 e. The van der Waals surface area contributed by atoms with E-state index in [0.29, 0.717) is 16.0 Å². The Labute approximate surface area is 85.9 Å². The topological polar surface area (TPSA) is 59.1 Å². The van der Waals surface area contributed by atoms with Crippen molar-refractivity contribution in [3.8, 4) is 0 Å². The van der Waals surface area contributed by atoms with Gasteiger partial charge in [-0.05, 0) is 0 Å². The third-order valence-electron chi connectivity index (χ3n) is 1.23. The lowest BCUT2D eigenvalue weighted by molar-refractivity contribution is 0.602. The lowest BCUT2D eigenvalue weighted by atomic mass is 10.7. The van der Waals surface area contributed by atoms with Crippen molar-refractivity contribution in [3.63, 3.8) is 0 Å². The molecule has 0 bridgehead atoms. The number of hydrogen-bond acceptors (Lipinski definition) is 5. The smallest absolute Gasteiger partial charge is 0.184 e. The maximum Gasteiger partial charge on any atom is 0.184 e. The van der Waals surface area contributed by atoms with Crippen molar-refractivity contribution in [2.45, 2.75) is 0 Å². The van der Waals surface area contributed by atoms with E-state index >= 15 is 0 Å². The summed E-state index contributed by atoms with van der Waals surface area (Å²) in [6, 6.07) is 0. The molecule has 0 saturated carbocycles. The van der Waals surface area contributed by atoms with Gasteiger partial charge in [0.05, 0.1) is 11.9 Å². The highest BCUT2D eigenvalue weighted by Gasteiger charge is 2.02. The second-order valence-corrected chi connectivity index (χ2v) is 6.45. The predicted octanol–water partition coefficient (Wildman–Crippen LogP) is 1.25. The number of aromatic nitrogens is 1. The van der Waals surface area contributed by atoms with E-state index in [1.54, 1.807) is 0 Å². The summed E-state index contributed by atoms with van der Waals surface area (Å²) in [5.41, 5.74) is 0. The molecule has 0 spiro atoms. The molecule has 0 amide bonds. The average molecular weight is 241 g/mol. The molecular formula is C6H9ClN2O2S2. The molecule has 74 valence electrons. The Balaban J connectivity index is 2.36. The van der Waals surface area contributed by atoms with Crippen LogP contribution in [0, 0.1) is 0 Å². The van der Waals surface area contributed by atoms with Crippen LogP contribution in [-0.4, -0.2) is 32.0 Å². The van der Waals surface area contributed by atoms with Crippen LogP contribution in [0.4, 0.5) is 5.13 Å². The van der Waals surface area contributed by atoms with Crippen molar-refractivity contribution in [2.24, 2.45) is 0 Å². The van der Waals surface area contributed by atoms with Gasteiger partial charge in [0.25, 0.3) is 0 Å². The summed E-state index contributed by atoms with van der Waals surface area (Å²) >= 11 is 6.91. The molecule has 0 saturated heterocycles. The SMILES string of the molecule is CS(=O)(=O)CCNc1ncc(Cl)s1. The molecule has 0 unspecified atom stereocenters. The van der Waals surface area contributed by atoms with E-state index in [1.165, 1.54) is 23.8 Å². The van der Waals surface area contributed by atoms with Crippen molar-refractivity contribution >= 4 is 37.9 Å². The number of thiazole rings is 1. The van der Waals surface area contributed by atoms with Crippen LogP contribution in [0.15, 0.2) is 6.20 Å². The summed E-state index contributed by atoms with van der Waals surface area (Å²) in [6.07, 6.45) is 2.72. The van der Waals surface area contributed by atoms with Crippen molar-refractivity contribution in [2.75, 3.05) is 23.9 Å².